The highest BCUT2D eigenvalue weighted by atomic mass is 16.3. The van der Waals surface area contributed by atoms with Gasteiger partial charge in [-0.05, 0) is 99.0 Å². The molecule has 4 aliphatic carbocycles. The van der Waals surface area contributed by atoms with Gasteiger partial charge in [0.15, 0.2) is 0 Å². The molecular weight excluding hydrogens is 432 g/mol. The van der Waals surface area contributed by atoms with Crippen molar-refractivity contribution in [2.24, 2.45) is 5.92 Å². The maximum Gasteiger partial charge on any atom is 0.119 e. The number of hydrogen-bond donors (Lipinski definition) is 6. The summed E-state index contributed by atoms with van der Waals surface area (Å²) in [6.07, 6.45) is 4.33. The van der Waals surface area contributed by atoms with Crippen LogP contribution in [0.2, 0.25) is 0 Å². The summed E-state index contributed by atoms with van der Waals surface area (Å²) in [5, 5.41) is 63.7. The minimum absolute atomic E-state index is 0.0760. The zero-order valence-corrected chi connectivity index (χ0v) is 18.7. The van der Waals surface area contributed by atoms with Crippen molar-refractivity contribution in [3.05, 3.63) is 71.3 Å². The van der Waals surface area contributed by atoms with Crippen LogP contribution in [-0.2, 0) is 16.2 Å². The number of rotatable bonds is 3. The number of hydrogen-bond acceptors (Lipinski definition) is 6. The Morgan fingerprint density at radius 3 is 1.06 bits per heavy atom. The van der Waals surface area contributed by atoms with Gasteiger partial charge < -0.3 is 30.6 Å². The van der Waals surface area contributed by atoms with Crippen molar-refractivity contribution in [3.8, 4) is 34.5 Å². The predicted molar refractivity (Wildman–Crippen MR) is 126 cm³/mol. The molecule has 0 radical (unpaired) electrons. The highest BCUT2D eigenvalue weighted by molar-refractivity contribution is 5.55. The lowest BCUT2D eigenvalue weighted by molar-refractivity contribution is -0.0515. The van der Waals surface area contributed by atoms with E-state index >= 15 is 0 Å². The van der Waals surface area contributed by atoms with E-state index in [1.54, 1.807) is 18.2 Å². The number of benzene rings is 3. The third-order valence-electron chi connectivity index (χ3n) is 8.72. The summed E-state index contributed by atoms with van der Waals surface area (Å²) in [6.45, 7) is 0. The van der Waals surface area contributed by atoms with Crippen molar-refractivity contribution in [2.75, 3.05) is 0 Å². The third kappa shape index (κ3) is 2.87. The van der Waals surface area contributed by atoms with Gasteiger partial charge in [0, 0.05) is 32.9 Å². The second-order valence-electron chi connectivity index (χ2n) is 11.0. The van der Waals surface area contributed by atoms with Gasteiger partial charge in [0.1, 0.15) is 34.5 Å². The Balaban J connectivity index is 1.62. The van der Waals surface area contributed by atoms with Crippen molar-refractivity contribution in [1.29, 1.82) is 0 Å². The van der Waals surface area contributed by atoms with Crippen LogP contribution in [0.4, 0.5) is 0 Å². The number of phenolic OH excluding ortho intramolecular Hbond substituents is 6. The molecule has 6 N–H and O–H groups in total. The van der Waals surface area contributed by atoms with Crippen LogP contribution >= 0.6 is 0 Å². The maximum absolute atomic E-state index is 10.9. The first kappa shape index (κ1) is 21.0. The van der Waals surface area contributed by atoms with Gasteiger partial charge in [-0.15, -0.1) is 0 Å². The standard InChI is InChI=1S/C28H28O6/c29-17-1-4-23(32)20(7-17)26-10-16-11-27(13-26,21-8-18(30)2-5-24(21)33)15-28(12-16,14-26)22-9-19(31)3-6-25(22)34/h1-9,16,29-34H,10-15H2. The molecule has 3 aromatic rings. The molecule has 4 saturated carbocycles. The molecule has 34 heavy (non-hydrogen) atoms. The first-order valence-corrected chi connectivity index (χ1v) is 11.7. The van der Waals surface area contributed by atoms with Crippen LogP contribution in [0.25, 0.3) is 0 Å². The Morgan fingerprint density at radius 2 is 0.765 bits per heavy atom. The molecule has 0 atom stereocenters. The zero-order valence-electron chi connectivity index (χ0n) is 18.7. The lowest BCUT2D eigenvalue weighted by Crippen LogP contribution is -2.62. The van der Waals surface area contributed by atoms with E-state index < -0.39 is 16.2 Å². The monoisotopic (exact) mass is 460 g/mol. The molecule has 0 aromatic heterocycles. The summed E-state index contributed by atoms with van der Waals surface area (Å²) in [5.74, 6) is 0.800. The summed E-state index contributed by atoms with van der Waals surface area (Å²) < 4.78 is 0. The van der Waals surface area contributed by atoms with Crippen LogP contribution < -0.4 is 0 Å². The van der Waals surface area contributed by atoms with Gasteiger partial charge in [0.05, 0.1) is 0 Å². The van der Waals surface area contributed by atoms with E-state index in [-0.39, 0.29) is 40.4 Å². The summed E-state index contributed by atoms with van der Waals surface area (Å²) >= 11 is 0. The van der Waals surface area contributed by atoms with E-state index in [1.165, 1.54) is 36.4 Å². The lowest BCUT2D eigenvalue weighted by Gasteiger charge is -2.67. The quantitative estimate of drug-likeness (QED) is 0.305. The molecule has 0 aliphatic heterocycles. The van der Waals surface area contributed by atoms with E-state index in [2.05, 4.69) is 0 Å². The Morgan fingerprint density at radius 1 is 0.471 bits per heavy atom. The minimum Gasteiger partial charge on any atom is -0.508 e. The molecule has 0 unspecified atom stereocenters. The zero-order chi connectivity index (χ0) is 23.9. The summed E-state index contributed by atoms with van der Waals surface area (Å²) in [7, 11) is 0. The van der Waals surface area contributed by atoms with Crippen molar-refractivity contribution in [2.45, 2.75) is 54.8 Å². The van der Waals surface area contributed by atoms with Crippen LogP contribution in [0.15, 0.2) is 54.6 Å². The van der Waals surface area contributed by atoms with Gasteiger partial charge in [-0.1, -0.05) is 0 Å². The molecule has 176 valence electrons. The molecule has 3 aromatic carbocycles. The van der Waals surface area contributed by atoms with Crippen LogP contribution in [0.1, 0.15) is 55.2 Å². The molecule has 0 amide bonds. The molecule has 0 saturated heterocycles. The molecule has 6 heteroatoms. The van der Waals surface area contributed by atoms with Crippen LogP contribution in [-0.4, -0.2) is 30.6 Å². The Bertz CT molecular complexity index is 1150. The van der Waals surface area contributed by atoms with Crippen molar-refractivity contribution in [1.82, 2.24) is 0 Å². The molecule has 0 spiro atoms. The van der Waals surface area contributed by atoms with Crippen molar-refractivity contribution in [3.63, 3.8) is 0 Å². The summed E-state index contributed by atoms with van der Waals surface area (Å²) in [6, 6.07) is 13.8. The normalized spacial score (nSPS) is 31.6. The van der Waals surface area contributed by atoms with Crippen LogP contribution in [0, 0.1) is 5.92 Å². The molecule has 6 nitrogen and oxygen atoms in total. The molecule has 4 fully saturated rings. The van der Waals surface area contributed by atoms with Gasteiger partial charge in [-0.3, -0.25) is 0 Å². The number of phenols is 6. The Kier molecular flexibility index (Phi) is 4.17. The van der Waals surface area contributed by atoms with E-state index in [0.717, 1.165) is 19.3 Å². The second-order valence-corrected chi connectivity index (χ2v) is 11.0. The molecule has 7 rings (SSSR count). The van der Waals surface area contributed by atoms with E-state index in [0.29, 0.717) is 36.0 Å². The van der Waals surface area contributed by atoms with Gasteiger partial charge >= 0.3 is 0 Å². The first-order valence-electron chi connectivity index (χ1n) is 11.7. The fourth-order valence-corrected chi connectivity index (χ4v) is 8.19. The van der Waals surface area contributed by atoms with Crippen molar-refractivity contribution < 1.29 is 30.6 Å². The first-order chi connectivity index (χ1) is 16.1. The van der Waals surface area contributed by atoms with Crippen LogP contribution in [0.3, 0.4) is 0 Å². The third-order valence-corrected chi connectivity index (χ3v) is 8.72. The SMILES string of the molecule is Oc1ccc(O)c(C23CC4CC(c5cc(O)ccc5O)(C2)CC(c2cc(O)ccc2O)(C4)C3)c1. The van der Waals surface area contributed by atoms with Gasteiger partial charge in [0.25, 0.3) is 0 Å². The number of aromatic hydroxyl groups is 6. The Hall–Kier alpha value is -3.54. The van der Waals surface area contributed by atoms with Crippen LogP contribution in [0.5, 0.6) is 34.5 Å². The second kappa shape index (κ2) is 6.75. The highest BCUT2D eigenvalue weighted by Crippen LogP contribution is 2.72. The largest absolute Gasteiger partial charge is 0.508 e. The highest BCUT2D eigenvalue weighted by Gasteiger charge is 2.65. The fraction of sp³-hybridized carbons (Fsp3) is 0.357. The average Bonchev–Trinajstić information content (AvgIpc) is 2.77. The Labute approximate surface area is 197 Å². The van der Waals surface area contributed by atoms with Gasteiger partial charge in [-0.25, -0.2) is 0 Å². The molecule has 0 heterocycles. The van der Waals surface area contributed by atoms with E-state index in [1.807, 2.05) is 0 Å². The minimum atomic E-state index is -0.516. The van der Waals surface area contributed by atoms with Gasteiger partial charge in [0.2, 0.25) is 0 Å². The summed E-state index contributed by atoms with van der Waals surface area (Å²) in [4.78, 5) is 0. The fourth-order valence-electron chi connectivity index (χ4n) is 8.19. The maximum atomic E-state index is 10.9. The van der Waals surface area contributed by atoms with E-state index in [4.69, 9.17) is 0 Å². The molecule has 4 aliphatic rings. The smallest absolute Gasteiger partial charge is 0.119 e. The summed E-state index contributed by atoms with van der Waals surface area (Å²) in [5.41, 5.74) is 0.465. The lowest BCUT2D eigenvalue weighted by atomic mass is 9.36. The van der Waals surface area contributed by atoms with Crippen molar-refractivity contribution >= 4 is 0 Å². The predicted octanol–water partition coefficient (Wildman–Crippen LogP) is 5.03. The topological polar surface area (TPSA) is 121 Å². The average molecular weight is 461 g/mol. The van der Waals surface area contributed by atoms with Gasteiger partial charge in [-0.2, -0.15) is 0 Å². The van der Waals surface area contributed by atoms with E-state index in [9.17, 15) is 30.6 Å². The molecule has 4 bridgehead atoms. The molecular formula is C28H28O6.